The predicted octanol–water partition coefficient (Wildman–Crippen LogP) is 3.01. The number of hydrogen-bond donors (Lipinski definition) is 2. The highest BCUT2D eigenvalue weighted by molar-refractivity contribution is 5.79. The molecule has 0 bridgehead atoms. The van der Waals surface area contributed by atoms with E-state index in [4.69, 9.17) is 4.74 Å². The maximum absolute atomic E-state index is 5.56. The van der Waals surface area contributed by atoms with E-state index in [1.54, 1.807) is 0 Å². The van der Waals surface area contributed by atoms with Crippen LogP contribution in [-0.2, 0) is 4.74 Å². The molecule has 1 aliphatic rings. The van der Waals surface area contributed by atoms with Crippen LogP contribution in [0.25, 0.3) is 0 Å². The van der Waals surface area contributed by atoms with Crippen LogP contribution in [0.5, 0.6) is 0 Å². The van der Waals surface area contributed by atoms with Crippen molar-refractivity contribution in [1.82, 2.24) is 15.5 Å². The van der Waals surface area contributed by atoms with E-state index in [9.17, 15) is 0 Å². The summed E-state index contributed by atoms with van der Waals surface area (Å²) in [5, 5.41) is 6.77. The lowest BCUT2D eigenvalue weighted by Crippen LogP contribution is -2.39. The molecule has 1 unspecified atom stereocenters. The van der Waals surface area contributed by atoms with Crippen molar-refractivity contribution in [2.75, 3.05) is 46.4 Å². The van der Waals surface area contributed by atoms with E-state index >= 15 is 0 Å². The van der Waals surface area contributed by atoms with Crippen LogP contribution in [0.15, 0.2) is 4.99 Å². The number of rotatable bonds is 12. The van der Waals surface area contributed by atoms with Gasteiger partial charge in [-0.1, -0.05) is 19.8 Å². The molecule has 1 rings (SSSR count). The van der Waals surface area contributed by atoms with E-state index in [0.29, 0.717) is 0 Å². The molecule has 0 aromatic carbocycles. The molecule has 0 amide bonds. The highest BCUT2D eigenvalue weighted by Crippen LogP contribution is 2.16. The molecule has 5 nitrogen and oxygen atoms in total. The minimum Gasteiger partial charge on any atom is -0.381 e. The Balaban J connectivity index is 1.95. The summed E-state index contributed by atoms with van der Waals surface area (Å²) < 4.78 is 5.56. The van der Waals surface area contributed by atoms with Gasteiger partial charge in [-0.2, -0.15) is 0 Å². The molecule has 1 fully saturated rings. The zero-order valence-corrected chi connectivity index (χ0v) is 16.3. The van der Waals surface area contributed by atoms with Crippen LogP contribution < -0.4 is 10.6 Å². The minimum absolute atomic E-state index is 0.778. The number of likely N-dealkylation sites (tertiary alicyclic amines) is 1. The molecular weight excluding hydrogens is 300 g/mol. The Morgan fingerprint density at radius 3 is 2.54 bits per heavy atom. The normalized spacial score (nSPS) is 19.5. The van der Waals surface area contributed by atoms with Gasteiger partial charge in [-0.25, -0.2) is 0 Å². The molecule has 0 aromatic heterocycles. The summed E-state index contributed by atoms with van der Waals surface area (Å²) in [5.74, 6) is 0.912. The van der Waals surface area contributed by atoms with Crippen LogP contribution in [0.1, 0.15) is 65.2 Å². The van der Waals surface area contributed by atoms with Gasteiger partial charge in [0.1, 0.15) is 0 Å². The first-order chi connectivity index (χ1) is 11.8. The third-order valence-corrected chi connectivity index (χ3v) is 4.73. The SMILES string of the molecule is CCCCOCCCNC(=NC)NCCCCN1CCCCC1C. The van der Waals surface area contributed by atoms with Gasteiger partial charge in [-0.3, -0.25) is 4.99 Å². The highest BCUT2D eigenvalue weighted by atomic mass is 16.5. The van der Waals surface area contributed by atoms with Gasteiger partial charge in [-0.15, -0.1) is 0 Å². The van der Waals surface area contributed by atoms with Gasteiger partial charge in [0.15, 0.2) is 5.96 Å². The first-order valence-corrected chi connectivity index (χ1v) is 10.0. The third-order valence-electron chi connectivity index (χ3n) is 4.73. The predicted molar refractivity (Wildman–Crippen MR) is 104 cm³/mol. The van der Waals surface area contributed by atoms with Crippen LogP contribution >= 0.6 is 0 Å². The van der Waals surface area contributed by atoms with Crippen molar-refractivity contribution in [3.8, 4) is 0 Å². The first kappa shape index (κ1) is 21.2. The molecule has 1 atom stereocenters. The highest BCUT2D eigenvalue weighted by Gasteiger charge is 2.16. The molecule has 0 radical (unpaired) electrons. The molecule has 2 N–H and O–H groups in total. The lowest BCUT2D eigenvalue weighted by molar-refractivity contribution is 0.129. The molecule has 1 aliphatic heterocycles. The van der Waals surface area contributed by atoms with E-state index in [2.05, 4.69) is 34.4 Å². The smallest absolute Gasteiger partial charge is 0.190 e. The number of nitrogens with one attached hydrogen (secondary N) is 2. The number of unbranched alkanes of at least 4 members (excludes halogenated alkanes) is 2. The van der Waals surface area contributed by atoms with Crippen LogP contribution in [0.3, 0.4) is 0 Å². The molecule has 1 heterocycles. The van der Waals surface area contributed by atoms with E-state index < -0.39 is 0 Å². The quantitative estimate of drug-likeness (QED) is 0.326. The van der Waals surface area contributed by atoms with Gasteiger partial charge in [0.2, 0.25) is 0 Å². The second kappa shape index (κ2) is 14.5. The fourth-order valence-electron chi connectivity index (χ4n) is 3.09. The van der Waals surface area contributed by atoms with Gasteiger partial charge in [0.25, 0.3) is 0 Å². The maximum Gasteiger partial charge on any atom is 0.190 e. The van der Waals surface area contributed by atoms with Crippen molar-refractivity contribution in [3.63, 3.8) is 0 Å². The maximum atomic E-state index is 5.56. The van der Waals surface area contributed by atoms with Gasteiger partial charge < -0.3 is 20.3 Å². The number of ether oxygens (including phenoxy) is 1. The van der Waals surface area contributed by atoms with Crippen LogP contribution in [-0.4, -0.2) is 63.3 Å². The molecule has 0 saturated carbocycles. The zero-order valence-electron chi connectivity index (χ0n) is 16.3. The summed E-state index contributed by atoms with van der Waals surface area (Å²) in [5.41, 5.74) is 0. The van der Waals surface area contributed by atoms with Crippen LogP contribution in [0, 0.1) is 0 Å². The average molecular weight is 341 g/mol. The summed E-state index contributed by atoms with van der Waals surface area (Å²) in [6.45, 7) is 10.7. The summed E-state index contributed by atoms with van der Waals surface area (Å²) >= 11 is 0. The largest absolute Gasteiger partial charge is 0.381 e. The molecule has 0 aliphatic carbocycles. The lowest BCUT2D eigenvalue weighted by atomic mass is 10.0. The number of nitrogens with zero attached hydrogens (tertiary/aromatic N) is 2. The van der Waals surface area contributed by atoms with E-state index in [-0.39, 0.29) is 0 Å². The minimum atomic E-state index is 0.778. The summed E-state index contributed by atoms with van der Waals surface area (Å²) in [4.78, 5) is 6.93. The van der Waals surface area contributed by atoms with E-state index in [1.165, 1.54) is 51.6 Å². The summed E-state index contributed by atoms with van der Waals surface area (Å²) in [7, 11) is 1.84. The average Bonchev–Trinajstić information content (AvgIpc) is 2.60. The fraction of sp³-hybridized carbons (Fsp3) is 0.947. The molecular formula is C19H40N4O. The van der Waals surface area contributed by atoms with Crippen molar-refractivity contribution < 1.29 is 4.74 Å². The molecule has 142 valence electrons. The molecule has 0 spiro atoms. The van der Waals surface area contributed by atoms with E-state index in [0.717, 1.165) is 51.1 Å². The standard InChI is InChI=1S/C19H40N4O/c1-4-5-16-24-17-10-13-22-19(20-3)21-12-7-9-15-23-14-8-6-11-18(23)2/h18H,4-17H2,1-3H3,(H2,20,21,22). The number of piperidine rings is 1. The van der Waals surface area contributed by atoms with Crippen LogP contribution in [0.2, 0.25) is 0 Å². The Hall–Kier alpha value is -0.810. The zero-order chi connectivity index (χ0) is 17.5. The Morgan fingerprint density at radius 2 is 1.83 bits per heavy atom. The Labute approximate surface area is 149 Å². The van der Waals surface area contributed by atoms with Crippen LogP contribution in [0.4, 0.5) is 0 Å². The fourth-order valence-corrected chi connectivity index (χ4v) is 3.09. The molecule has 1 saturated heterocycles. The van der Waals surface area contributed by atoms with Crippen molar-refractivity contribution in [2.45, 2.75) is 71.3 Å². The van der Waals surface area contributed by atoms with E-state index in [1.807, 2.05) is 7.05 Å². The van der Waals surface area contributed by atoms with Crippen molar-refractivity contribution in [2.24, 2.45) is 4.99 Å². The Morgan fingerprint density at radius 1 is 1.08 bits per heavy atom. The van der Waals surface area contributed by atoms with Gasteiger partial charge in [0.05, 0.1) is 0 Å². The Kier molecular flexibility index (Phi) is 12.9. The Bertz CT molecular complexity index is 322. The molecule has 5 heteroatoms. The second-order valence-electron chi connectivity index (χ2n) is 6.83. The summed E-state index contributed by atoms with van der Waals surface area (Å²) in [6.07, 6.45) is 10.0. The molecule has 0 aromatic rings. The molecule has 24 heavy (non-hydrogen) atoms. The third kappa shape index (κ3) is 10.1. The van der Waals surface area contributed by atoms with Crippen molar-refractivity contribution in [3.05, 3.63) is 0 Å². The number of aliphatic imine (C=N–C) groups is 1. The number of hydrogen-bond acceptors (Lipinski definition) is 3. The van der Waals surface area contributed by atoms with Gasteiger partial charge >= 0.3 is 0 Å². The topological polar surface area (TPSA) is 48.9 Å². The first-order valence-electron chi connectivity index (χ1n) is 10.0. The second-order valence-corrected chi connectivity index (χ2v) is 6.83. The van der Waals surface area contributed by atoms with Gasteiger partial charge in [0, 0.05) is 39.4 Å². The lowest BCUT2D eigenvalue weighted by Gasteiger charge is -2.33. The van der Waals surface area contributed by atoms with Gasteiger partial charge in [-0.05, 0) is 58.5 Å². The number of guanidine groups is 1. The summed E-state index contributed by atoms with van der Waals surface area (Å²) in [6, 6.07) is 0.778. The van der Waals surface area contributed by atoms with Crippen molar-refractivity contribution >= 4 is 5.96 Å². The monoisotopic (exact) mass is 340 g/mol. The van der Waals surface area contributed by atoms with Crippen molar-refractivity contribution in [1.29, 1.82) is 0 Å².